The Kier molecular flexibility index (Phi) is 2.98. The fourth-order valence-electron chi connectivity index (χ4n) is 3.09. The van der Waals surface area contributed by atoms with E-state index in [0.717, 1.165) is 6.42 Å². The summed E-state index contributed by atoms with van der Waals surface area (Å²) in [7, 11) is 7.04. The maximum Gasteiger partial charge on any atom is 0.226 e. The molecule has 1 saturated carbocycles. The predicted octanol–water partition coefficient (Wildman–Crippen LogP) is 0.601. The first-order valence-corrected chi connectivity index (χ1v) is 6.04. The van der Waals surface area contributed by atoms with Crippen LogP contribution in [0.15, 0.2) is 12.2 Å². The van der Waals surface area contributed by atoms with E-state index in [9.17, 15) is 9.59 Å². The number of allylic oxidation sites excluding steroid dienone is 2. The Morgan fingerprint density at radius 2 is 1.24 bits per heavy atom. The molecule has 0 aromatic rings. The van der Waals surface area contributed by atoms with Crippen molar-refractivity contribution in [3.8, 4) is 0 Å². The second kappa shape index (κ2) is 4.17. The summed E-state index contributed by atoms with van der Waals surface area (Å²) in [6.45, 7) is 0. The smallest absolute Gasteiger partial charge is 0.226 e. The lowest BCUT2D eigenvalue weighted by molar-refractivity contribution is -0.144. The molecule has 1 fully saturated rings. The molecule has 0 saturated heterocycles. The zero-order chi connectivity index (χ0) is 12.7. The highest BCUT2D eigenvalue weighted by Gasteiger charge is 2.52. The second-order valence-corrected chi connectivity index (χ2v) is 5.47. The molecule has 0 aliphatic heterocycles. The van der Waals surface area contributed by atoms with Gasteiger partial charge in [0.15, 0.2) is 0 Å². The van der Waals surface area contributed by atoms with Gasteiger partial charge in [-0.2, -0.15) is 0 Å². The van der Waals surface area contributed by atoms with Gasteiger partial charge >= 0.3 is 0 Å². The van der Waals surface area contributed by atoms with Crippen molar-refractivity contribution >= 4 is 11.8 Å². The van der Waals surface area contributed by atoms with Crippen molar-refractivity contribution in [3.63, 3.8) is 0 Å². The van der Waals surface area contributed by atoms with Gasteiger partial charge in [0.2, 0.25) is 11.8 Å². The number of rotatable bonds is 2. The van der Waals surface area contributed by atoms with Gasteiger partial charge in [-0.1, -0.05) is 12.2 Å². The van der Waals surface area contributed by atoms with Crippen LogP contribution in [0.4, 0.5) is 0 Å². The molecular formula is C13H20N2O2. The molecule has 2 bridgehead atoms. The van der Waals surface area contributed by atoms with Crippen LogP contribution >= 0.6 is 0 Å². The molecule has 94 valence electrons. The van der Waals surface area contributed by atoms with E-state index in [1.807, 2.05) is 0 Å². The molecule has 4 heteroatoms. The van der Waals surface area contributed by atoms with Gasteiger partial charge in [-0.05, 0) is 18.3 Å². The maximum absolute atomic E-state index is 12.2. The Labute approximate surface area is 102 Å². The van der Waals surface area contributed by atoms with Crippen LogP contribution in [0.2, 0.25) is 0 Å². The molecule has 0 aromatic heterocycles. The van der Waals surface area contributed by atoms with Gasteiger partial charge in [-0.3, -0.25) is 9.59 Å². The number of fused-ring (bicyclic) bond motifs is 2. The minimum absolute atomic E-state index is 0.0852. The Morgan fingerprint density at radius 3 is 1.53 bits per heavy atom. The highest BCUT2D eigenvalue weighted by molar-refractivity contribution is 5.89. The summed E-state index contributed by atoms with van der Waals surface area (Å²) in [5, 5.41) is 0. The zero-order valence-electron chi connectivity index (χ0n) is 10.9. The largest absolute Gasteiger partial charge is 0.349 e. The minimum atomic E-state index is -0.158. The topological polar surface area (TPSA) is 40.6 Å². The lowest BCUT2D eigenvalue weighted by Gasteiger charge is -2.30. The third kappa shape index (κ3) is 1.85. The average molecular weight is 236 g/mol. The number of nitrogens with zero attached hydrogens (tertiary/aromatic N) is 2. The molecule has 4 atom stereocenters. The number of carbonyl (C=O) groups excluding carboxylic acids is 2. The fraction of sp³-hybridized carbons (Fsp3) is 0.692. The van der Waals surface area contributed by atoms with Gasteiger partial charge in [-0.25, -0.2) is 0 Å². The van der Waals surface area contributed by atoms with Crippen LogP contribution in [0.1, 0.15) is 6.42 Å². The first-order valence-electron chi connectivity index (χ1n) is 6.04. The molecular weight excluding hydrogens is 216 g/mol. The summed E-state index contributed by atoms with van der Waals surface area (Å²) < 4.78 is 0. The van der Waals surface area contributed by atoms with E-state index in [2.05, 4.69) is 12.2 Å². The van der Waals surface area contributed by atoms with Gasteiger partial charge in [0.1, 0.15) is 0 Å². The normalized spacial score (nSPS) is 33.9. The number of amides is 2. The molecule has 4 unspecified atom stereocenters. The van der Waals surface area contributed by atoms with Crippen molar-refractivity contribution in [2.75, 3.05) is 28.2 Å². The number of hydrogen-bond donors (Lipinski definition) is 0. The molecule has 2 aliphatic carbocycles. The van der Waals surface area contributed by atoms with Gasteiger partial charge in [-0.15, -0.1) is 0 Å². The molecule has 4 nitrogen and oxygen atoms in total. The Bertz CT molecular complexity index is 340. The summed E-state index contributed by atoms with van der Waals surface area (Å²) in [6.07, 6.45) is 5.17. The molecule has 0 N–H and O–H groups in total. The highest BCUT2D eigenvalue weighted by Crippen LogP contribution is 2.49. The second-order valence-electron chi connectivity index (χ2n) is 5.47. The Morgan fingerprint density at radius 1 is 0.882 bits per heavy atom. The molecule has 0 heterocycles. The molecule has 0 aromatic carbocycles. The molecule has 2 aliphatic rings. The van der Waals surface area contributed by atoms with Crippen LogP contribution in [0, 0.1) is 23.7 Å². The van der Waals surface area contributed by atoms with E-state index in [1.54, 1.807) is 38.0 Å². The summed E-state index contributed by atoms with van der Waals surface area (Å²) in [5.41, 5.74) is 0. The average Bonchev–Trinajstić information content (AvgIpc) is 2.85. The van der Waals surface area contributed by atoms with Crippen molar-refractivity contribution in [1.82, 2.24) is 9.80 Å². The van der Waals surface area contributed by atoms with Crippen molar-refractivity contribution in [1.29, 1.82) is 0 Å². The van der Waals surface area contributed by atoms with Crippen LogP contribution in [0.5, 0.6) is 0 Å². The third-order valence-corrected chi connectivity index (χ3v) is 3.91. The van der Waals surface area contributed by atoms with Gasteiger partial charge in [0, 0.05) is 28.2 Å². The van der Waals surface area contributed by atoms with Crippen LogP contribution in [-0.4, -0.2) is 49.8 Å². The van der Waals surface area contributed by atoms with Gasteiger partial charge in [0.05, 0.1) is 11.8 Å². The lowest BCUT2D eigenvalue weighted by Crippen LogP contribution is -2.43. The van der Waals surface area contributed by atoms with E-state index in [0.29, 0.717) is 0 Å². The van der Waals surface area contributed by atoms with Crippen molar-refractivity contribution in [2.45, 2.75) is 6.42 Å². The van der Waals surface area contributed by atoms with Crippen LogP contribution in [0.25, 0.3) is 0 Å². The molecule has 17 heavy (non-hydrogen) atoms. The Balaban J connectivity index is 2.27. The van der Waals surface area contributed by atoms with Crippen molar-refractivity contribution in [3.05, 3.63) is 12.2 Å². The van der Waals surface area contributed by atoms with Crippen LogP contribution in [-0.2, 0) is 9.59 Å². The SMILES string of the molecule is CN(C)C(=O)C1C2C=CC(C2)C1C(=O)N(C)C. The quantitative estimate of drug-likeness (QED) is 0.659. The van der Waals surface area contributed by atoms with Crippen molar-refractivity contribution in [2.24, 2.45) is 23.7 Å². The minimum Gasteiger partial charge on any atom is -0.349 e. The summed E-state index contributed by atoms with van der Waals surface area (Å²) in [5.74, 6) is 0.362. The summed E-state index contributed by atoms with van der Waals surface area (Å²) in [6, 6.07) is 0. The van der Waals surface area contributed by atoms with Crippen LogP contribution < -0.4 is 0 Å². The lowest BCUT2D eigenvalue weighted by atomic mass is 9.81. The van der Waals surface area contributed by atoms with E-state index in [1.165, 1.54) is 0 Å². The molecule has 0 radical (unpaired) electrons. The fourth-order valence-corrected chi connectivity index (χ4v) is 3.09. The maximum atomic E-state index is 12.2. The highest BCUT2D eigenvalue weighted by atomic mass is 16.2. The van der Waals surface area contributed by atoms with Gasteiger partial charge < -0.3 is 9.80 Å². The summed E-state index contributed by atoms with van der Waals surface area (Å²) >= 11 is 0. The van der Waals surface area contributed by atoms with Gasteiger partial charge in [0.25, 0.3) is 0 Å². The van der Waals surface area contributed by atoms with E-state index < -0.39 is 0 Å². The first kappa shape index (κ1) is 12.1. The van der Waals surface area contributed by atoms with E-state index in [-0.39, 0.29) is 35.5 Å². The molecule has 2 rings (SSSR count). The monoisotopic (exact) mass is 236 g/mol. The summed E-state index contributed by atoms with van der Waals surface area (Å²) in [4.78, 5) is 27.6. The standard InChI is InChI=1S/C13H20N2O2/c1-14(2)12(16)10-8-5-6-9(7-8)11(10)13(17)15(3)4/h5-6,8-11H,7H2,1-4H3. The first-order chi connectivity index (χ1) is 7.93. The molecule has 0 spiro atoms. The third-order valence-electron chi connectivity index (χ3n) is 3.91. The number of hydrogen-bond acceptors (Lipinski definition) is 2. The zero-order valence-corrected chi connectivity index (χ0v) is 10.9. The van der Waals surface area contributed by atoms with E-state index in [4.69, 9.17) is 0 Å². The number of carbonyl (C=O) groups is 2. The van der Waals surface area contributed by atoms with Crippen LogP contribution in [0.3, 0.4) is 0 Å². The Hall–Kier alpha value is -1.32. The predicted molar refractivity (Wildman–Crippen MR) is 65.1 cm³/mol. The van der Waals surface area contributed by atoms with Crippen molar-refractivity contribution < 1.29 is 9.59 Å². The molecule has 2 amide bonds. The van der Waals surface area contributed by atoms with E-state index >= 15 is 0 Å².